The molecule has 1 saturated heterocycles. The number of hydrogen-bond donors (Lipinski definition) is 2. The quantitative estimate of drug-likeness (QED) is 0.654. The largest absolute Gasteiger partial charge is 0.383 e. The number of nitrogen functional groups attached to an aromatic ring is 1. The first-order valence-corrected chi connectivity index (χ1v) is 11.0. The topological polar surface area (TPSA) is 119 Å². The lowest BCUT2D eigenvalue weighted by molar-refractivity contribution is -0.132. The molecule has 0 unspecified atom stereocenters. The van der Waals surface area contributed by atoms with Crippen molar-refractivity contribution in [1.82, 2.24) is 30.0 Å². The molecule has 0 bridgehead atoms. The number of anilines is 1. The lowest BCUT2D eigenvalue weighted by Gasteiger charge is -2.24. The van der Waals surface area contributed by atoms with Crippen molar-refractivity contribution in [2.45, 2.75) is 52.0 Å². The van der Waals surface area contributed by atoms with E-state index in [1.807, 2.05) is 4.90 Å². The third-order valence-electron chi connectivity index (χ3n) is 5.75. The summed E-state index contributed by atoms with van der Waals surface area (Å²) in [4.78, 5) is 35.4. The minimum atomic E-state index is -0.590. The van der Waals surface area contributed by atoms with Crippen molar-refractivity contribution in [2.75, 3.05) is 18.8 Å². The molecule has 31 heavy (non-hydrogen) atoms. The standard InChI is InChI=1S/C21H30ClN7O2/c1-13(25-20(30)16-11-24-28(3)12-16)21(31)29-9-4-5-15(8-10-29)6-7-17-18(22)26-14(2)27-19(17)23/h11-13,15H,4-10H2,1-3H3,(H,25,30)(H2,23,26,27)/t13-,15+/m0/s1. The molecule has 168 valence electrons. The number of amides is 2. The molecule has 1 aliphatic heterocycles. The van der Waals surface area contributed by atoms with E-state index in [1.165, 1.54) is 6.20 Å². The van der Waals surface area contributed by atoms with Crippen LogP contribution >= 0.6 is 11.6 Å². The van der Waals surface area contributed by atoms with Gasteiger partial charge in [0, 0.05) is 31.9 Å². The number of likely N-dealkylation sites (tertiary alicyclic amines) is 1. The minimum Gasteiger partial charge on any atom is -0.383 e. The molecule has 0 aliphatic carbocycles. The van der Waals surface area contributed by atoms with Gasteiger partial charge in [-0.1, -0.05) is 11.6 Å². The van der Waals surface area contributed by atoms with Crippen LogP contribution in [0.15, 0.2) is 12.4 Å². The molecule has 2 aromatic rings. The van der Waals surface area contributed by atoms with E-state index in [2.05, 4.69) is 20.4 Å². The predicted molar refractivity (Wildman–Crippen MR) is 119 cm³/mol. The Morgan fingerprint density at radius 2 is 2.10 bits per heavy atom. The third-order valence-corrected chi connectivity index (χ3v) is 6.06. The highest BCUT2D eigenvalue weighted by Gasteiger charge is 2.26. The Morgan fingerprint density at radius 3 is 2.77 bits per heavy atom. The molecule has 0 radical (unpaired) electrons. The minimum absolute atomic E-state index is 0.0582. The van der Waals surface area contributed by atoms with Gasteiger partial charge in [-0.25, -0.2) is 9.97 Å². The van der Waals surface area contributed by atoms with Gasteiger partial charge in [-0.15, -0.1) is 0 Å². The zero-order chi connectivity index (χ0) is 22.5. The van der Waals surface area contributed by atoms with Gasteiger partial charge in [0.15, 0.2) is 0 Å². The summed E-state index contributed by atoms with van der Waals surface area (Å²) in [7, 11) is 1.74. The highest BCUT2D eigenvalue weighted by molar-refractivity contribution is 6.30. The maximum absolute atomic E-state index is 12.9. The van der Waals surface area contributed by atoms with E-state index in [-0.39, 0.29) is 11.8 Å². The van der Waals surface area contributed by atoms with Crippen LogP contribution < -0.4 is 11.1 Å². The first kappa shape index (κ1) is 23.0. The molecule has 0 saturated carbocycles. The normalized spacial score (nSPS) is 17.8. The molecule has 3 N–H and O–H groups in total. The van der Waals surface area contributed by atoms with E-state index in [9.17, 15) is 9.59 Å². The van der Waals surface area contributed by atoms with Gasteiger partial charge in [0.25, 0.3) is 5.91 Å². The number of nitrogens with two attached hydrogens (primary N) is 1. The number of carbonyl (C=O) groups excluding carboxylic acids is 2. The second-order valence-corrected chi connectivity index (χ2v) is 8.54. The Kier molecular flexibility index (Phi) is 7.48. The number of nitrogens with one attached hydrogen (secondary N) is 1. The number of hydrogen-bond acceptors (Lipinski definition) is 6. The highest BCUT2D eigenvalue weighted by Crippen LogP contribution is 2.27. The van der Waals surface area contributed by atoms with Crippen molar-refractivity contribution in [3.05, 3.63) is 34.5 Å². The van der Waals surface area contributed by atoms with Crippen molar-refractivity contribution < 1.29 is 9.59 Å². The van der Waals surface area contributed by atoms with E-state index in [4.69, 9.17) is 17.3 Å². The SMILES string of the molecule is Cc1nc(N)c(CC[C@H]2CCCN(C(=O)[C@H](C)NC(=O)c3cnn(C)c3)CC2)c(Cl)n1. The van der Waals surface area contributed by atoms with Crippen LogP contribution in [0.1, 0.15) is 54.4 Å². The molecule has 0 spiro atoms. The molecule has 3 rings (SSSR count). The smallest absolute Gasteiger partial charge is 0.255 e. The zero-order valence-electron chi connectivity index (χ0n) is 18.3. The molecule has 0 aromatic carbocycles. The molecule has 1 fully saturated rings. The predicted octanol–water partition coefficient (Wildman–Crippen LogP) is 2.13. The highest BCUT2D eigenvalue weighted by atomic mass is 35.5. The summed E-state index contributed by atoms with van der Waals surface area (Å²) >= 11 is 6.25. The van der Waals surface area contributed by atoms with E-state index >= 15 is 0 Å². The van der Waals surface area contributed by atoms with Gasteiger partial charge in [0.2, 0.25) is 5.91 Å². The molecule has 2 aromatic heterocycles. The van der Waals surface area contributed by atoms with E-state index < -0.39 is 6.04 Å². The summed E-state index contributed by atoms with van der Waals surface area (Å²) in [6, 6.07) is -0.590. The van der Waals surface area contributed by atoms with Crippen molar-refractivity contribution in [1.29, 1.82) is 0 Å². The molecule has 9 nitrogen and oxygen atoms in total. The summed E-state index contributed by atoms with van der Waals surface area (Å²) in [6.45, 7) is 4.85. The van der Waals surface area contributed by atoms with Gasteiger partial charge in [-0.05, 0) is 51.9 Å². The van der Waals surface area contributed by atoms with Gasteiger partial charge < -0.3 is 16.0 Å². The van der Waals surface area contributed by atoms with Crippen LogP contribution in [0, 0.1) is 12.8 Å². The fourth-order valence-corrected chi connectivity index (χ4v) is 4.30. The van der Waals surface area contributed by atoms with E-state index in [1.54, 1.807) is 31.8 Å². The molecule has 2 amide bonds. The first-order valence-electron chi connectivity index (χ1n) is 10.6. The summed E-state index contributed by atoms with van der Waals surface area (Å²) in [5, 5.41) is 7.19. The Balaban J connectivity index is 1.51. The molecule has 3 heterocycles. The van der Waals surface area contributed by atoms with Gasteiger partial charge in [-0.2, -0.15) is 5.10 Å². The monoisotopic (exact) mass is 447 g/mol. The van der Waals surface area contributed by atoms with Crippen LogP contribution in [0.2, 0.25) is 5.15 Å². The van der Waals surface area contributed by atoms with Crippen LogP contribution in [0.5, 0.6) is 0 Å². The average molecular weight is 448 g/mol. The Morgan fingerprint density at radius 1 is 1.32 bits per heavy atom. The number of carbonyl (C=O) groups is 2. The summed E-state index contributed by atoms with van der Waals surface area (Å²) in [6.07, 6.45) is 7.62. The second kappa shape index (κ2) is 10.1. The number of aryl methyl sites for hydroxylation is 2. The third kappa shape index (κ3) is 5.94. The van der Waals surface area contributed by atoms with Crippen LogP contribution in [0.4, 0.5) is 5.82 Å². The Bertz CT molecular complexity index is 923. The zero-order valence-corrected chi connectivity index (χ0v) is 19.0. The fourth-order valence-electron chi connectivity index (χ4n) is 3.99. The summed E-state index contributed by atoms with van der Waals surface area (Å²) in [5.41, 5.74) is 7.26. The molecule has 2 atom stereocenters. The van der Waals surface area contributed by atoms with Crippen molar-refractivity contribution in [3.63, 3.8) is 0 Å². The summed E-state index contributed by atoms with van der Waals surface area (Å²) in [5.74, 6) is 1.13. The number of aromatic nitrogens is 4. The van der Waals surface area contributed by atoms with Crippen molar-refractivity contribution in [3.8, 4) is 0 Å². The Hall–Kier alpha value is -2.68. The van der Waals surface area contributed by atoms with Gasteiger partial charge >= 0.3 is 0 Å². The van der Waals surface area contributed by atoms with Crippen LogP contribution in [0.25, 0.3) is 0 Å². The number of rotatable bonds is 6. The molecular formula is C21H30ClN7O2. The maximum atomic E-state index is 12.9. The van der Waals surface area contributed by atoms with Crippen molar-refractivity contribution in [2.24, 2.45) is 13.0 Å². The van der Waals surface area contributed by atoms with Crippen LogP contribution in [0.3, 0.4) is 0 Å². The number of halogens is 1. The number of nitrogens with zero attached hydrogens (tertiary/aromatic N) is 5. The van der Waals surface area contributed by atoms with Gasteiger partial charge in [0.05, 0.1) is 11.8 Å². The lowest BCUT2D eigenvalue weighted by Crippen LogP contribution is -2.47. The van der Waals surface area contributed by atoms with Gasteiger partial charge in [0.1, 0.15) is 22.8 Å². The van der Waals surface area contributed by atoms with E-state index in [0.717, 1.165) is 37.7 Å². The molecule has 10 heteroatoms. The second-order valence-electron chi connectivity index (χ2n) is 8.18. The average Bonchev–Trinajstić information content (AvgIpc) is 3.01. The summed E-state index contributed by atoms with van der Waals surface area (Å²) < 4.78 is 1.56. The molecule has 1 aliphatic rings. The van der Waals surface area contributed by atoms with Crippen molar-refractivity contribution >= 4 is 29.2 Å². The Labute approximate surface area is 187 Å². The maximum Gasteiger partial charge on any atom is 0.255 e. The fraction of sp³-hybridized carbons (Fsp3) is 0.571. The molecular weight excluding hydrogens is 418 g/mol. The lowest BCUT2D eigenvalue weighted by atomic mass is 9.93. The van der Waals surface area contributed by atoms with Gasteiger partial charge in [-0.3, -0.25) is 14.3 Å². The first-order chi connectivity index (χ1) is 14.7. The van der Waals surface area contributed by atoms with E-state index in [0.29, 0.717) is 41.4 Å². The van der Waals surface area contributed by atoms with Crippen LogP contribution in [-0.4, -0.2) is 55.6 Å². The van der Waals surface area contributed by atoms with Crippen LogP contribution in [-0.2, 0) is 18.3 Å².